The Labute approximate surface area is 75.1 Å². The standard InChI is InChI=1S/C8H11NO4/c1-12-4-5-2-3-13-7(5)6(9)8(10)11/h2-3,6H,4,9H2,1H3,(H,10,11). The Kier molecular flexibility index (Phi) is 3.05. The first-order chi connectivity index (χ1) is 6.16. The van der Waals surface area contributed by atoms with Gasteiger partial charge in [0, 0.05) is 12.7 Å². The van der Waals surface area contributed by atoms with Gasteiger partial charge >= 0.3 is 5.97 Å². The summed E-state index contributed by atoms with van der Waals surface area (Å²) in [4.78, 5) is 10.5. The van der Waals surface area contributed by atoms with Crippen LogP contribution in [0, 0.1) is 0 Å². The van der Waals surface area contributed by atoms with E-state index in [1.54, 1.807) is 6.07 Å². The van der Waals surface area contributed by atoms with Crippen molar-refractivity contribution in [2.24, 2.45) is 5.73 Å². The minimum Gasteiger partial charge on any atom is -0.480 e. The number of nitrogens with two attached hydrogens (primary N) is 1. The maximum absolute atomic E-state index is 10.5. The third-order valence-electron chi connectivity index (χ3n) is 1.63. The molecule has 0 fully saturated rings. The van der Waals surface area contributed by atoms with Gasteiger partial charge in [-0.2, -0.15) is 0 Å². The van der Waals surface area contributed by atoms with Gasteiger partial charge in [0.15, 0.2) is 6.04 Å². The van der Waals surface area contributed by atoms with Crippen molar-refractivity contribution in [1.29, 1.82) is 0 Å². The monoisotopic (exact) mass is 185 g/mol. The predicted molar refractivity (Wildman–Crippen MR) is 44.0 cm³/mol. The highest BCUT2D eigenvalue weighted by molar-refractivity contribution is 5.74. The topological polar surface area (TPSA) is 85.7 Å². The van der Waals surface area contributed by atoms with Crippen LogP contribution in [0.4, 0.5) is 0 Å². The van der Waals surface area contributed by atoms with E-state index in [1.165, 1.54) is 13.4 Å². The first kappa shape index (κ1) is 9.76. The van der Waals surface area contributed by atoms with Crippen molar-refractivity contribution in [3.05, 3.63) is 23.7 Å². The van der Waals surface area contributed by atoms with Crippen molar-refractivity contribution in [1.82, 2.24) is 0 Å². The Morgan fingerprint density at radius 1 is 1.85 bits per heavy atom. The van der Waals surface area contributed by atoms with E-state index in [0.29, 0.717) is 12.2 Å². The molecule has 1 aromatic heterocycles. The molecule has 0 radical (unpaired) electrons. The second kappa shape index (κ2) is 4.06. The summed E-state index contributed by atoms with van der Waals surface area (Å²) < 4.78 is 9.80. The average Bonchev–Trinajstić information content (AvgIpc) is 2.52. The van der Waals surface area contributed by atoms with Crippen molar-refractivity contribution in [3.63, 3.8) is 0 Å². The van der Waals surface area contributed by atoms with Gasteiger partial charge in [0.2, 0.25) is 0 Å². The fraction of sp³-hybridized carbons (Fsp3) is 0.375. The number of carbonyl (C=O) groups is 1. The van der Waals surface area contributed by atoms with Crippen LogP contribution in [0.15, 0.2) is 16.7 Å². The number of aliphatic carboxylic acids is 1. The van der Waals surface area contributed by atoms with Crippen molar-refractivity contribution in [2.45, 2.75) is 12.6 Å². The molecule has 1 atom stereocenters. The highest BCUT2D eigenvalue weighted by Crippen LogP contribution is 2.18. The summed E-state index contributed by atoms with van der Waals surface area (Å²) >= 11 is 0. The third-order valence-corrected chi connectivity index (χ3v) is 1.63. The van der Waals surface area contributed by atoms with E-state index in [0.717, 1.165) is 0 Å². The number of carboxylic acids is 1. The molecule has 0 bridgehead atoms. The molecule has 0 saturated heterocycles. The minimum atomic E-state index is -1.12. The number of ether oxygens (including phenoxy) is 1. The molecule has 3 N–H and O–H groups in total. The molecule has 1 rings (SSSR count). The number of furan rings is 1. The lowest BCUT2D eigenvalue weighted by atomic mass is 10.1. The Morgan fingerprint density at radius 2 is 2.54 bits per heavy atom. The molecule has 0 spiro atoms. The summed E-state index contributed by atoms with van der Waals surface area (Å²) in [5, 5.41) is 8.62. The molecule has 0 aliphatic carbocycles. The van der Waals surface area contributed by atoms with Gasteiger partial charge in [-0.3, -0.25) is 4.79 Å². The summed E-state index contributed by atoms with van der Waals surface area (Å²) in [6.45, 7) is 0.298. The van der Waals surface area contributed by atoms with Gasteiger partial charge in [-0.05, 0) is 6.07 Å². The SMILES string of the molecule is COCc1ccoc1C(N)C(=O)O. The zero-order valence-corrected chi connectivity index (χ0v) is 7.19. The Balaban J connectivity index is 2.86. The smallest absolute Gasteiger partial charge is 0.328 e. The van der Waals surface area contributed by atoms with Crippen LogP contribution >= 0.6 is 0 Å². The van der Waals surface area contributed by atoms with Crippen molar-refractivity contribution in [3.8, 4) is 0 Å². The van der Waals surface area contributed by atoms with Crippen LogP contribution in [-0.2, 0) is 16.1 Å². The molecule has 72 valence electrons. The van der Waals surface area contributed by atoms with E-state index in [1.807, 2.05) is 0 Å². The van der Waals surface area contributed by atoms with Gasteiger partial charge in [0.05, 0.1) is 12.9 Å². The fourth-order valence-electron chi connectivity index (χ4n) is 1.01. The minimum absolute atomic E-state index is 0.245. The zero-order chi connectivity index (χ0) is 9.84. The van der Waals surface area contributed by atoms with Gasteiger partial charge in [-0.15, -0.1) is 0 Å². The molecule has 0 aliphatic rings. The Morgan fingerprint density at radius 3 is 3.08 bits per heavy atom. The van der Waals surface area contributed by atoms with Gasteiger partial charge in [-0.25, -0.2) is 0 Å². The molecule has 1 heterocycles. The zero-order valence-electron chi connectivity index (χ0n) is 7.19. The number of hydrogen-bond donors (Lipinski definition) is 2. The van der Waals surface area contributed by atoms with E-state index < -0.39 is 12.0 Å². The van der Waals surface area contributed by atoms with Crippen LogP contribution in [0.5, 0.6) is 0 Å². The van der Waals surface area contributed by atoms with E-state index in [4.69, 9.17) is 20.0 Å². The van der Waals surface area contributed by atoms with Crippen molar-refractivity contribution >= 4 is 5.97 Å². The van der Waals surface area contributed by atoms with Crippen LogP contribution in [0.2, 0.25) is 0 Å². The first-order valence-electron chi connectivity index (χ1n) is 3.70. The van der Waals surface area contributed by atoms with Gasteiger partial charge in [0.1, 0.15) is 5.76 Å². The highest BCUT2D eigenvalue weighted by Gasteiger charge is 2.21. The molecule has 1 aromatic rings. The molecule has 5 heteroatoms. The maximum atomic E-state index is 10.5. The summed E-state index contributed by atoms with van der Waals surface area (Å²) in [6, 6.07) is 0.516. The van der Waals surface area contributed by atoms with Gasteiger partial charge in [-0.1, -0.05) is 0 Å². The summed E-state index contributed by atoms with van der Waals surface area (Å²) in [7, 11) is 1.52. The Bertz CT molecular complexity index is 294. The lowest BCUT2D eigenvalue weighted by molar-refractivity contribution is -0.139. The van der Waals surface area contributed by atoms with Crippen LogP contribution < -0.4 is 5.73 Å². The lowest BCUT2D eigenvalue weighted by Crippen LogP contribution is -2.21. The molecule has 0 amide bonds. The first-order valence-corrected chi connectivity index (χ1v) is 3.70. The molecule has 0 aliphatic heterocycles. The second-order valence-corrected chi connectivity index (χ2v) is 2.56. The number of rotatable bonds is 4. The van der Waals surface area contributed by atoms with Gasteiger partial charge in [0.25, 0.3) is 0 Å². The summed E-state index contributed by atoms with van der Waals surface area (Å²) in [6.07, 6.45) is 1.40. The second-order valence-electron chi connectivity index (χ2n) is 2.56. The van der Waals surface area contributed by atoms with Crippen LogP contribution in [0.1, 0.15) is 17.4 Å². The highest BCUT2D eigenvalue weighted by atomic mass is 16.5. The maximum Gasteiger partial charge on any atom is 0.328 e. The van der Waals surface area contributed by atoms with Gasteiger partial charge < -0.3 is 20.0 Å². The fourth-order valence-corrected chi connectivity index (χ4v) is 1.01. The van der Waals surface area contributed by atoms with E-state index in [9.17, 15) is 4.79 Å². The molecular weight excluding hydrogens is 174 g/mol. The number of carboxylic acid groups (broad SMARTS) is 1. The summed E-state index contributed by atoms with van der Waals surface area (Å²) in [5.41, 5.74) is 6.03. The Hall–Kier alpha value is -1.33. The number of methoxy groups -OCH3 is 1. The molecule has 0 saturated carbocycles. The van der Waals surface area contributed by atoms with Crippen LogP contribution in [0.25, 0.3) is 0 Å². The molecule has 1 unspecified atom stereocenters. The largest absolute Gasteiger partial charge is 0.480 e. The third kappa shape index (κ3) is 2.07. The molecular formula is C8H11NO4. The molecule has 0 aromatic carbocycles. The van der Waals surface area contributed by atoms with Crippen molar-refractivity contribution in [2.75, 3.05) is 7.11 Å². The average molecular weight is 185 g/mol. The van der Waals surface area contributed by atoms with E-state index in [2.05, 4.69) is 0 Å². The molecule has 13 heavy (non-hydrogen) atoms. The number of hydrogen-bond acceptors (Lipinski definition) is 4. The van der Waals surface area contributed by atoms with E-state index >= 15 is 0 Å². The van der Waals surface area contributed by atoms with Crippen LogP contribution in [0.3, 0.4) is 0 Å². The molecule has 5 nitrogen and oxygen atoms in total. The van der Waals surface area contributed by atoms with Crippen molar-refractivity contribution < 1.29 is 19.1 Å². The normalized spacial score (nSPS) is 12.8. The van der Waals surface area contributed by atoms with Crippen LogP contribution in [-0.4, -0.2) is 18.2 Å². The predicted octanol–water partition coefficient (Wildman–Crippen LogP) is 0.510. The summed E-state index contributed by atoms with van der Waals surface area (Å²) in [5.74, 6) is -0.873. The quantitative estimate of drug-likeness (QED) is 0.713. The lowest BCUT2D eigenvalue weighted by Gasteiger charge is -2.05. The van der Waals surface area contributed by atoms with E-state index in [-0.39, 0.29) is 5.76 Å².